The van der Waals surface area contributed by atoms with Crippen LogP contribution in [-0.2, 0) is 11.3 Å². The fourth-order valence-corrected chi connectivity index (χ4v) is 1.57. The summed E-state index contributed by atoms with van der Waals surface area (Å²) >= 11 is 0. The SMILES string of the molecule is CC(=O)Nc1ccc(C(=O)NCc2cn[nH]c2)cc1. The number of H-pyrrole nitrogens is 1. The summed E-state index contributed by atoms with van der Waals surface area (Å²) in [4.78, 5) is 22.7. The highest BCUT2D eigenvalue weighted by Gasteiger charge is 2.05. The second kappa shape index (κ2) is 5.81. The molecule has 0 aliphatic heterocycles. The third kappa shape index (κ3) is 3.67. The summed E-state index contributed by atoms with van der Waals surface area (Å²) < 4.78 is 0. The summed E-state index contributed by atoms with van der Waals surface area (Å²) in [5, 5.41) is 11.9. The van der Waals surface area contributed by atoms with Crippen molar-refractivity contribution in [3.63, 3.8) is 0 Å². The Morgan fingerprint density at radius 1 is 1.26 bits per heavy atom. The molecule has 0 bridgehead atoms. The Bertz CT molecular complexity index is 561. The van der Waals surface area contributed by atoms with E-state index >= 15 is 0 Å². The molecule has 1 heterocycles. The first-order valence-corrected chi connectivity index (χ1v) is 5.78. The summed E-state index contributed by atoms with van der Waals surface area (Å²) in [5.41, 5.74) is 2.11. The van der Waals surface area contributed by atoms with Crippen LogP contribution in [0.25, 0.3) is 0 Å². The molecular formula is C13H14N4O2. The van der Waals surface area contributed by atoms with E-state index in [0.29, 0.717) is 17.8 Å². The van der Waals surface area contributed by atoms with Crippen molar-refractivity contribution in [2.45, 2.75) is 13.5 Å². The Hall–Kier alpha value is -2.63. The van der Waals surface area contributed by atoms with Gasteiger partial charge in [0.15, 0.2) is 0 Å². The van der Waals surface area contributed by atoms with Gasteiger partial charge in [-0.1, -0.05) is 0 Å². The number of aromatic amines is 1. The van der Waals surface area contributed by atoms with E-state index in [1.165, 1.54) is 6.92 Å². The van der Waals surface area contributed by atoms with Crippen LogP contribution in [0.2, 0.25) is 0 Å². The van der Waals surface area contributed by atoms with Crippen molar-refractivity contribution in [3.8, 4) is 0 Å². The fraction of sp³-hybridized carbons (Fsp3) is 0.154. The van der Waals surface area contributed by atoms with Crippen molar-refractivity contribution in [1.29, 1.82) is 0 Å². The third-order valence-corrected chi connectivity index (χ3v) is 2.48. The number of carbonyl (C=O) groups is 2. The molecule has 6 heteroatoms. The van der Waals surface area contributed by atoms with Gasteiger partial charge in [-0.25, -0.2) is 0 Å². The van der Waals surface area contributed by atoms with Crippen molar-refractivity contribution in [2.24, 2.45) is 0 Å². The standard InChI is InChI=1S/C13H14N4O2/c1-9(18)17-12-4-2-11(3-5-12)13(19)14-6-10-7-15-16-8-10/h2-5,7-8H,6H2,1H3,(H,14,19)(H,15,16)(H,17,18). The minimum absolute atomic E-state index is 0.142. The summed E-state index contributed by atoms with van der Waals surface area (Å²) in [6.45, 7) is 1.86. The minimum atomic E-state index is -0.171. The highest BCUT2D eigenvalue weighted by Crippen LogP contribution is 2.09. The van der Waals surface area contributed by atoms with Gasteiger partial charge in [-0.05, 0) is 24.3 Å². The smallest absolute Gasteiger partial charge is 0.251 e. The third-order valence-electron chi connectivity index (χ3n) is 2.48. The van der Waals surface area contributed by atoms with Gasteiger partial charge in [0, 0.05) is 36.5 Å². The molecule has 1 aromatic heterocycles. The molecule has 0 spiro atoms. The van der Waals surface area contributed by atoms with Crippen LogP contribution in [0.1, 0.15) is 22.8 Å². The van der Waals surface area contributed by atoms with Gasteiger partial charge in [0.2, 0.25) is 5.91 Å². The van der Waals surface area contributed by atoms with Crippen LogP contribution in [0.5, 0.6) is 0 Å². The molecule has 2 rings (SSSR count). The Labute approximate surface area is 110 Å². The van der Waals surface area contributed by atoms with Gasteiger partial charge in [0.25, 0.3) is 5.91 Å². The molecule has 0 fully saturated rings. The Morgan fingerprint density at radius 2 is 2.00 bits per heavy atom. The molecule has 0 atom stereocenters. The normalized spacial score (nSPS) is 9.95. The Kier molecular flexibility index (Phi) is 3.92. The second-order valence-corrected chi connectivity index (χ2v) is 4.05. The molecule has 3 N–H and O–H groups in total. The van der Waals surface area contributed by atoms with Crippen LogP contribution < -0.4 is 10.6 Å². The molecule has 0 aliphatic rings. The number of nitrogens with zero attached hydrogens (tertiary/aromatic N) is 1. The van der Waals surface area contributed by atoms with Crippen LogP contribution >= 0.6 is 0 Å². The average molecular weight is 258 g/mol. The highest BCUT2D eigenvalue weighted by molar-refractivity contribution is 5.95. The van der Waals surface area contributed by atoms with Gasteiger partial charge in [0.1, 0.15) is 0 Å². The van der Waals surface area contributed by atoms with Crippen LogP contribution in [0.3, 0.4) is 0 Å². The van der Waals surface area contributed by atoms with Crippen LogP contribution in [0, 0.1) is 0 Å². The van der Waals surface area contributed by atoms with E-state index in [4.69, 9.17) is 0 Å². The molecule has 19 heavy (non-hydrogen) atoms. The lowest BCUT2D eigenvalue weighted by Gasteiger charge is -2.05. The second-order valence-electron chi connectivity index (χ2n) is 4.05. The van der Waals surface area contributed by atoms with Crippen molar-refractivity contribution >= 4 is 17.5 Å². The zero-order valence-electron chi connectivity index (χ0n) is 10.4. The quantitative estimate of drug-likeness (QED) is 0.772. The summed E-state index contributed by atoms with van der Waals surface area (Å²) in [5.74, 6) is -0.312. The number of rotatable bonds is 4. The van der Waals surface area contributed by atoms with E-state index < -0.39 is 0 Å². The van der Waals surface area contributed by atoms with Gasteiger partial charge in [-0.2, -0.15) is 5.10 Å². The van der Waals surface area contributed by atoms with E-state index in [1.807, 2.05) is 0 Å². The zero-order valence-corrected chi connectivity index (χ0v) is 10.4. The predicted molar refractivity (Wildman–Crippen MR) is 70.5 cm³/mol. The van der Waals surface area contributed by atoms with Gasteiger partial charge < -0.3 is 10.6 Å². The maximum atomic E-state index is 11.8. The topological polar surface area (TPSA) is 86.9 Å². The van der Waals surface area contributed by atoms with E-state index in [2.05, 4.69) is 20.8 Å². The lowest BCUT2D eigenvalue weighted by Crippen LogP contribution is -2.22. The largest absolute Gasteiger partial charge is 0.348 e. The molecule has 0 radical (unpaired) electrons. The number of hydrogen-bond donors (Lipinski definition) is 3. The summed E-state index contributed by atoms with van der Waals surface area (Å²) in [6.07, 6.45) is 3.38. The molecule has 2 amide bonds. The maximum Gasteiger partial charge on any atom is 0.251 e. The van der Waals surface area contributed by atoms with Gasteiger partial charge in [0.05, 0.1) is 6.20 Å². The molecule has 0 unspecified atom stereocenters. The first kappa shape index (κ1) is 12.8. The molecule has 6 nitrogen and oxygen atoms in total. The van der Waals surface area contributed by atoms with Crippen molar-refractivity contribution < 1.29 is 9.59 Å². The predicted octanol–water partition coefficient (Wildman–Crippen LogP) is 1.30. The number of hydrogen-bond acceptors (Lipinski definition) is 3. The Balaban J connectivity index is 1.93. The van der Waals surface area contributed by atoms with Gasteiger partial charge in [-0.15, -0.1) is 0 Å². The van der Waals surface area contributed by atoms with Gasteiger partial charge >= 0.3 is 0 Å². The lowest BCUT2D eigenvalue weighted by molar-refractivity contribution is -0.114. The van der Waals surface area contributed by atoms with Crippen molar-refractivity contribution in [3.05, 3.63) is 47.8 Å². The minimum Gasteiger partial charge on any atom is -0.348 e. The Morgan fingerprint density at radius 3 is 2.58 bits per heavy atom. The fourth-order valence-electron chi connectivity index (χ4n) is 1.57. The van der Waals surface area contributed by atoms with E-state index in [0.717, 1.165) is 5.56 Å². The average Bonchev–Trinajstić information content (AvgIpc) is 2.89. The lowest BCUT2D eigenvalue weighted by atomic mass is 10.2. The maximum absolute atomic E-state index is 11.8. The number of aromatic nitrogens is 2. The van der Waals surface area contributed by atoms with Crippen LogP contribution in [0.4, 0.5) is 5.69 Å². The molecule has 0 saturated carbocycles. The highest BCUT2D eigenvalue weighted by atomic mass is 16.2. The molecular weight excluding hydrogens is 244 g/mol. The van der Waals surface area contributed by atoms with E-state index in [1.54, 1.807) is 36.7 Å². The van der Waals surface area contributed by atoms with E-state index in [9.17, 15) is 9.59 Å². The number of carbonyl (C=O) groups excluding carboxylic acids is 2. The monoisotopic (exact) mass is 258 g/mol. The van der Waals surface area contributed by atoms with Crippen LogP contribution in [-0.4, -0.2) is 22.0 Å². The van der Waals surface area contributed by atoms with Crippen molar-refractivity contribution in [2.75, 3.05) is 5.32 Å². The molecule has 98 valence electrons. The first-order chi connectivity index (χ1) is 9.15. The number of benzene rings is 1. The number of amides is 2. The number of nitrogens with one attached hydrogen (secondary N) is 3. The summed E-state index contributed by atoms with van der Waals surface area (Å²) in [6, 6.07) is 6.70. The molecule has 1 aromatic carbocycles. The number of anilines is 1. The molecule has 0 saturated heterocycles. The van der Waals surface area contributed by atoms with Gasteiger partial charge in [-0.3, -0.25) is 14.7 Å². The summed E-state index contributed by atoms with van der Waals surface area (Å²) in [7, 11) is 0. The van der Waals surface area contributed by atoms with E-state index in [-0.39, 0.29) is 11.8 Å². The van der Waals surface area contributed by atoms with Crippen molar-refractivity contribution in [1.82, 2.24) is 15.5 Å². The molecule has 2 aromatic rings. The first-order valence-electron chi connectivity index (χ1n) is 5.78. The zero-order chi connectivity index (χ0) is 13.7. The van der Waals surface area contributed by atoms with Crippen LogP contribution in [0.15, 0.2) is 36.7 Å². The molecule has 0 aliphatic carbocycles.